The fourth-order valence-corrected chi connectivity index (χ4v) is 4.37. The van der Waals surface area contributed by atoms with Gasteiger partial charge in [-0.2, -0.15) is 0 Å². The number of aromatic nitrogens is 2. The number of carbonyl (C=O) groups is 1. The van der Waals surface area contributed by atoms with Crippen molar-refractivity contribution in [2.45, 2.75) is 18.9 Å². The molecule has 8 nitrogen and oxygen atoms in total. The van der Waals surface area contributed by atoms with Crippen molar-refractivity contribution < 1.29 is 19.0 Å². The Morgan fingerprint density at radius 3 is 2.61 bits per heavy atom. The van der Waals surface area contributed by atoms with Crippen LogP contribution in [-0.2, 0) is 0 Å². The van der Waals surface area contributed by atoms with Crippen LogP contribution in [0.25, 0.3) is 16.7 Å². The molecule has 9 heteroatoms. The first-order valence-corrected chi connectivity index (χ1v) is 9.97. The van der Waals surface area contributed by atoms with E-state index in [0.717, 1.165) is 18.9 Å². The SMILES string of the molecule is COc1ccc(-n2cc(C(=O)O)c(=O)c3cc(F)c(N4CC(N)C5(CC5)C4)nc32)cc1. The van der Waals surface area contributed by atoms with E-state index < -0.39 is 22.8 Å². The van der Waals surface area contributed by atoms with Crippen LogP contribution >= 0.6 is 0 Å². The molecule has 160 valence electrons. The van der Waals surface area contributed by atoms with Crippen molar-refractivity contribution >= 4 is 22.8 Å². The molecule has 0 bridgehead atoms. The molecule has 5 rings (SSSR count). The minimum absolute atomic E-state index is 0.0197. The van der Waals surface area contributed by atoms with Crippen LogP contribution in [0.5, 0.6) is 5.75 Å². The van der Waals surface area contributed by atoms with Gasteiger partial charge in [-0.05, 0) is 43.2 Å². The van der Waals surface area contributed by atoms with Gasteiger partial charge in [0.15, 0.2) is 17.3 Å². The van der Waals surface area contributed by atoms with E-state index in [1.165, 1.54) is 17.9 Å². The van der Waals surface area contributed by atoms with E-state index in [4.69, 9.17) is 10.5 Å². The third kappa shape index (κ3) is 3.04. The maximum Gasteiger partial charge on any atom is 0.341 e. The zero-order valence-electron chi connectivity index (χ0n) is 16.8. The molecule has 2 aromatic heterocycles. The summed E-state index contributed by atoms with van der Waals surface area (Å²) in [6.45, 7) is 1.10. The highest BCUT2D eigenvalue weighted by molar-refractivity contribution is 5.92. The molecule has 1 atom stereocenters. The van der Waals surface area contributed by atoms with Gasteiger partial charge in [0.1, 0.15) is 11.3 Å². The Balaban J connectivity index is 1.72. The molecule has 1 saturated carbocycles. The van der Waals surface area contributed by atoms with Crippen LogP contribution < -0.4 is 20.8 Å². The van der Waals surface area contributed by atoms with E-state index >= 15 is 4.39 Å². The second-order valence-electron chi connectivity index (χ2n) is 8.26. The lowest BCUT2D eigenvalue weighted by Gasteiger charge is -2.20. The van der Waals surface area contributed by atoms with Crippen LogP contribution in [-0.4, -0.2) is 46.9 Å². The summed E-state index contributed by atoms with van der Waals surface area (Å²) in [6.07, 6.45) is 3.25. The van der Waals surface area contributed by atoms with Crippen LogP contribution in [0.4, 0.5) is 10.2 Å². The fraction of sp³-hybridized carbons (Fsp3) is 0.318. The second-order valence-corrected chi connectivity index (χ2v) is 8.26. The van der Waals surface area contributed by atoms with Crippen molar-refractivity contribution in [2.24, 2.45) is 11.1 Å². The van der Waals surface area contributed by atoms with Crippen LogP contribution in [0.15, 0.2) is 41.3 Å². The fourth-order valence-electron chi connectivity index (χ4n) is 4.37. The topological polar surface area (TPSA) is 111 Å². The zero-order chi connectivity index (χ0) is 21.9. The lowest BCUT2D eigenvalue weighted by atomic mass is 10.0. The Morgan fingerprint density at radius 2 is 2.03 bits per heavy atom. The molecule has 1 unspecified atom stereocenters. The van der Waals surface area contributed by atoms with Crippen LogP contribution in [0.3, 0.4) is 0 Å². The number of benzene rings is 1. The molecule has 0 amide bonds. The number of rotatable bonds is 4. The van der Waals surface area contributed by atoms with E-state index in [2.05, 4.69) is 4.98 Å². The molecular weight excluding hydrogens is 403 g/mol. The minimum Gasteiger partial charge on any atom is -0.497 e. The summed E-state index contributed by atoms with van der Waals surface area (Å²) < 4.78 is 21.7. The summed E-state index contributed by atoms with van der Waals surface area (Å²) in [4.78, 5) is 30.7. The van der Waals surface area contributed by atoms with Gasteiger partial charge in [0.25, 0.3) is 0 Å². The largest absolute Gasteiger partial charge is 0.497 e. The molecule has 3 N–H and O–H groups in total. The summed E-state index contributed by atoms with van der Waals surface area (Å²) in [6, 6.07) is 7.87. The first kappa shape index (κ1) is 19.5. The molecule has 1 aliphatic heterocycles. The Morgan fingerprint density at radius 1 is 1.32 bits per heavy atom. The third-order valence-corrected chi connectivity index (χ3v) is 6.40. The Hall–Kier alpha value is -3.46. The van der Waals surface area contributed by atoms with Gasteiger partial charge in [0, 0.05) is 36.4 Å². The number of anilines is 1. The summed E-state index contributed by atoms with van der Waals surface area (Å²) in [5.41, 5.74) is 5.80. The predicted molar refractivity (Wildman–Crippen MR) is 113 cm³/mol. The van der Waals surface area contributed by atoms with Gasteiger partial charge in [-0.25, -0.2) is 14.2 Å². The number of carboxylic acid groups (broad SMARTS) is 1. The Kier molecular flexibility index (Phi) is 4.26. The monoisotopic (exact) mass is 424 g/mol. The smallest absolute Gasteiger partial charge is 0.341 e. The van der Waals surface area contributed by atoms with Crippen molar-refractivity contribution in [1.82, 2.24) is 9.55 Å². The molecular formula is C22H21FN4O4. The van der Waals surface area contributed by atoms with E-state index in [-0.39, 0.29) is 28.3 Å². The molecule has 1 saturated heterocycles. The first-order valence-electron chi connectivity index (χ1n) is 9.97. The van der Waals surface area contributed by atoms with E-state index in [1.54, 1.807) is 24.3 Å². The normalized spacial score (nSPS) is 19.2. The van der Waals surface area contributed by atoms with Crippen LogP contribution in [0.2, 0.25) is 0 Å². The van der Waals surface area contributed by atoms with E-state index in [1.807, 2.05) is 4.90 Å². The molecule has 0 radical (unpaired) electrons. The molecule has 2 aliphatic rings. The van der Waals surface area contributed by atoms with Crippen molar-refractivity contribution in [3.8, 4) is 11.4 Å². The number of ether oxygens (including phenoxy) is 1. The molecule has 1 aliphatic carbocycles. The van der Waals surface area contributed by atoms with Crippen molar-refractivity contribution in [3.63, 3.8) is 0 Å². The predicted octanol–water partition coefficient (Wildman–Crippen LogP) is 2.16. The third-order valence-electron chi connectivity index (χ3n) is 6.40. The summed E-state index contributed by atoms with van der Waals surface area (Å²) in [7, 11) is 1.54. The highest BCUT2D eigenvalue weighted by Gasteiger charge is 2.54. The van der Waals surface area contributed by atoms with Crippen molar-refractivity contribution in [1.29, 1.82) is 0 Å². The molecule has 3 aromatic rings. The van der Waals surface area contributed by atoms with E-state index in [9.17, 15) is 14.7 Å². The van der Waals surface area contributed by atoms with Gasteiger partial charge in [-0.1, -0.05) is 0 Å². The number of carboxylic acids is 1. The standard InChI is InChI=1S/C22H21FN4O4/c1-31-13-4-2-12(3-5-13)27-9-15(21(29)30)18(28)14-8-16(23)20(25-19(14)27)26-10-17(24)22(11-26)6-7-22/h2-5,8-9,17H,6-7,10-11,24H2,1H3,(H,29,30). The average Bonchev–Trinajstić information content (AvgIpc) is 3.46. The van der Waals surface area contributed by atoms with Gasteiger partial charge < -0.3 is 25.0 Å². The first-order chi connectivity index (χ1) is 14.8. The lowest BCUT2D eigenvalue weighted by molar-refractivity contribution is 0.0695. The summed E-state index contributed by atoms with van der Waals surface area (Å²) in [5.74, 6) is -1.32. The highest BCUT2D eigenvalue weighted by Crippen LogP contribution is 2.52. The van der Waals surface area contributed by atoms with Crippen LogP contribution in [0, 0.1) is 11.2 Å². The van der Waals surface area contributed by atoms with Gasteiger partial charge >= 0.3 is 5.97 Å². The number of hydrogen-bond donors (Lipinski definition) is 2. The van der Waals surface area contributed by atoms with Gasteiger partial charge in [-0.3, -0.25) is 4.79 Å². The Bertz CT molecular complexity index is 1270. The summed E-state index contributed by atoms with van der Waals surface area (Å²) in [5, 5.41) is 9.40. The van der Waals surface area contributed by atoms with Crippen LogP contribution in [0.1, 0.15) is 23.2 Å². The van der Waals surface area contributed by atoms with E-state index in [0.29, 0.717) is 24.5 Å². The quantitative estimate of drug-likeness (QED) is 0.660. The summed E-state index contributed by atoms with van der Waals surface area (Å²) >= 11 is 0. The average molecular weight is 424 g/mol. The number of nitrogens with two attached hydrogens (primary N) is 1. The Labute approximate surface area is 176 Å². The number of nitrogens with zero attached hydrogens (tertiary/aromatic N) is 3. The minimum atomic E-state index is -1.39. The molecule has 1 spiro atoms. The molecule has 2 fully saturated rings. The molecule has 31 heavy (non-hydrogen) atoms. The number of aromatic carboxylic acids is 1. The second kappa shape index (κ2) is 6.78. The van der Waals surface area contributed by atoms with Gasteiger partial charge in [0.05, 0.1) is 12.5 Å². The van der Waals surface area contributed by atoms with Crippen molar-refractivity contribution in [2.75, 3.05) is 25.1 Å². The molecule has 3 heterocycles. The number of pyridine rings is 2. The number of methoxy groups -OCH3 is 1. The molecule has 1 aromatic carbocycles. The van der Waals surface area contributed by atoms with Gasteiger partial charge in [0.2, 0.25) is 5.43 Å². The maximum atomic E-state index is 15.1. The lowest BCUT2D eigenvalue weighted by Crippen LogP contribution is -2.30. The maximum absolute atomic E-state index is 15.1. The number of hydrogen-bond acceptors (Lipinski definition) is 6. The highest BCUT2D eigenvalue weighted by atomic mass is 19.1. The zero-order valence-corrected chi connectivity index (χ0v) is 16.8. The van der Waals surface area contributed by atoms with Crippen molar-refractivity contribution in [3.05, 3.63) is 58.1 Å². The van der Waals surface area contributed by atoms with Gasteiger partial charge in [-0.15, -0.1) is 0 Å². The number of halogens is 1. The number of fused-ring (bicyclic) bond motifs is 1.